The fourth-order valence-electron chi connectivity index (χ4n) is 2.61. The molecule has 1 fully saturated rings. The second-order valence-corrected chi connectivity index (χ2v) is 4.70. The van der Waals surface area contributed by atoms with Crippen molar-refractivity contribution in [3.05, 3.63) is 29.3 Å². The Morgan fingerprint density at radius 1 is 1.21 bits per heavy atom. The smallest absolute Gasteiger partial charge is 0.264 e. The summed E-state index contributed by atoms with van der Waals surface area (Å²) >= 11 is 0. The lowest BCUT2D eigenvalue weighted by atomic mass is 10.1. The predicted molar refractivity (Wildman–Crippen MR) is 67.4 cm³/mol. The molecule has 2 aliphatic heterocycles. The van der Waals surface area contributed by atoms with Crippen LogP contribution in [0.2, 0.25) is 0 Å². The molecule has 98 valence electrons. The molecule has 0 saturated carbocycles. The number of amides is 3. The number of benzene rings is 1. The lowest BCUT2D eigenvalue weighted by Gasteiger charge is -2.28. The quantitative estimate of drug-likeness (QED) is 0.554. The van der Waals surface area contributed by atoms with E-state index in [1.165, 1.54) is 0 Å². The van der Waals surface area contributed by atoms with Crippen molar-refractivity contribution in [1.82, 2.24) is 10.2 Å². The number of anilines is 1. The molecule has 1 atom stereocenters. The van der Waals surface area contributed by atoms with Gasteiger partial charge in [-0.15, -0.1) is 0 Å². The van der Waals surface area contributed by atoms with E-state index >= 15 is 0 Å². The zero-order valence-corrected chi connectivity index (χ0v) is 10.2. The van der Waals surface area contributed by atoms with Crippen LogP contribution in [0.4, 0.5) is 5.69 Å². The first-order chi connectivity index (χ1) is 9.11. The number of rotatable bonds is 1. The molecule has 1 aromatic carbocycles. The number of nitrogen functional groups attached to an aromatic ring is 1. The van der Waals surface area contributed by atoms with Crippen molar-refractivity contribution in [3.8, 4) is 0 Å². The predicted octanol–water partition coefficient (Wildman–Crippen LogP) is 0.143. The topological polar surface area (TPSA) is 92.5 Å². The zero-order chi connectivity index (χ0) is 13.6. The molecule has 6 nitrogen and oxygen atoms in total. The normalized spacial score (nSPS) is 22.4. The van der Waals surface area contributed by atoms with Crippen LogP contribution in [0.25, 0.3) is 0 Å². The van der Waals surface area contributed by atoms with Crippen LogP contribution < -0.4 is 11.1 Å². The van der Waals surface area contributed by atoms with Gasteiger partial charge in [0.15, 0.2) is 0 Å². The van der Waals surface area contributed by atoms with Gasteiger partial charge >= 0.3 is 0 Å². The summed E-state index contributed by atoms with van der Waals surface area (Å²) in [7, 11) is 0. The minimum absolute atomic E-state index is 0.214. The van der Waals surface area contributed by atoms with Crippen LogP contribution in [0.1, 0.15) is 33.6 Å². The first kappa shape index (κ1) is 11.7. The molecular weight excluding hydrogens is 246 g/mol. The monoisotopic (exact) mass is 259 g/mol. The molecule has 0 spiro atoms. The van der Waals surface area contributed by atoms with Gasteiger partial charge in [-0.3, -0.25) is 19.3 Å². The fraction of sp³-hybridized carbons (Fsp3) is 0.308. The van der Waals surface area contributed by atoms with Gasteiger partial charge in [0.05, 0.1) is 11.1 Å². The molecule has 1 saturated heterocycles. The van der Waals surface area contributed by atoms with Crippen LogP contribution in [-0.2, 0) is 4.79 Å². The van der Waals surface area contributed by atoms with E-state index in [9.17, 15) is 14.4 Å². The van der Waals surface area contributed by atoms with Gasteiger partial charge in [-0.05, 0) is 25.0 Å². The van der Waals surface area contributed by atoms with Crippen molar-refractivity contribution in [3.63, 3.8) is 0 Å². The van der Waals surface area contributed by atoms with Gasteiger partial charge in [-0.1, -0.05) is 6.07 Å². The molecule has 0 bridgehead atoms. The highest BCUT2D eigenvalue weighted by Crippen LogP contribution is 2.30. The Bertz CT molecular complexity index is 597. The molecular formula is C13H13N3O3. The molecule has 1 aromatic rings. The van der Waals surface area contributed by atoms with E-state index in [-0.39, 0.29) is 22.7 Å². The van der Waals surface area contributed by atoms with Crippen LogP contribution in [0.15, 0.2) is 18.2 Å². The minimum atomic E-state index is -0.722. The highest BCUT2D eigenvalue weighted by molar-refractivity contribution is 6.24. The average Bonchev–Trinajstić information content (AvgIpc) is 2.64. The van der Waals surface area contributed by atoms with Gasteiger partial charge in [-0.2, -0.15) is 0 Å². The van der Waals surface area contributed by atoms with Crippen LogP contribution in [0.5, 0.6) is 0 Å². The zero-order valence-electron chi connectivity index (χ0n) is 10.2. The third kappa shape index (κ3) is 1.60. The fourth-order valence-corrected chi connectivity index (χ4v) is 2.61. The van der Waals surface area contributed by atoms with Crippen molar-refractivity contribution in [1.29, 1.82) is 0 Å². The number of hydrogen-bond acceptors (Lipinski definition) is 4. The lowest BCUT2D eigenvalue weighted by molar-refractivity contribution is -0.126. The van der Waals surface area contributed by atoms with Crippen molar-refractivity contribution in [2.45, 2.75) is 18.9 Å². The van der Waals surface area contributed by atoms with Crippen molar-refractivity contribution in [2.75, 3.05) is 12.3 Å². The van der Waals surface area contributed by atoms with Gasteiger partial charge in [0.2, 0.25) is 5.91 Å². The molecule has 19 heavy (non-hydrogen) atoms. The molecule has 3 rings (SSSR count). The number of carbonyl (C=O) groups is 3. The maximum atomic E-state index is 12.3. The number of nitrogens with zero attached hydrogens (tertiary/aromatic N) is 1. The molecule has 2 aliphatic rings. The highest BCUT2D eigenvalue weighted by Gasteiger charge is 2.44. The van der Waals surface area contributed by atoms with Crippen molar-refractivity contribution in [2.24, 2.45) is 0 Å². The molecule has 3 amide bonds. The van der Waals surface area contributed by atoms with Crippen LogP contribution in [-0.4, -0.2) is 35.2 Å². The summed E-state index contributed by atoms with van der Waals surface area (Å²) in [5, 5.41) is 2.68. The van der Waals surface area contributed by atoms with Crippen LogP contribution >= 0.6 is 0 Å². The number of nitrogens with one attached hydrogen (secondary N) is 1. The van der Waals surface area contributed by atoms with Gasteiger partial charge in [0, 0.05) is 12.2 Å². The molecule has 2 heterocycles. The minimum Gasteiger partial charge on any atom is -0.398 e. The largest absolute Gasteiger partial charge is 0.398 e. The van der Waals surface area contributed by atoms with E-state index in [2.05, 4.69) is 5.32 Å². The summed E-state index contributed by atoms with van der Waals surface area (Å²) in [6, 6.07) is 4.05. The Kier molecular flexibility index (Phi) is 2.51. The summed E-state index contributed by atoms with van der Waals surface area (Å²) in [5.41, 5.74) is 6.52. The number of piperidine rings is 1. The molecule has 6 heteroatoms. The SMILES string of the molecule is Nc1cccc2c1C(=O)N(C1CCCNC1=O)C2=O. The maximum absolute atomic E-state index is 12.3. The number of hydrogen-bond donors (Lipinski definition) is 2. The van der Waals surface area contributed by atoms with Gasteiger partial charge in [-0.25, -0.2) is 0 Å². The Labute approximate surface area is 109 Å². The Morgan fingerprint density at radius 3 is 2.68 bits per heavy atom. The maximum Gasteiger partial charge on any atom is 0.264 e. The van der Waals surface area contributed by atoms with Crippen molar-refractivity contribution >= 4 is 23.4 Å². The molecule has 0 aromatic heterocycles. The molecule has 3 N–H and O–H groups in total. The summed E-state index contributed by atoms with van der Waals surface area (Å²) in [6.07, 6.45) is 1.25. The highest BCUT2D eigenvalue weighted by atomic mass is 16.2. The second-order valence-electron chi connectivity index (χ2n) is 4.70. The van der Waals surface area contributed by atoms with Gasteiger partial charge in [0.25, 0.3) is 11.8 Å². The van der Waals surface area contributed by atoms with Crippen LogP contribution in [0.3, 0.4) is 0 Å². The lowest BCUT2D eigenvalue weighted by Crippen LogP contribution is -2.52. The second kappa shape index (κ2) is 4.08. The van der Waals surface area contributed by atoms with E-state index in [0.29, 0.717) is 13.0 Å². The summed E-state index contributed by atoms with van der Waals surface area (Å²) < 4.78 is 0. The first-order valence-electron chi connectivity index (χ1n) is 6.15. The summed E-state index contributed by atoms with van der Waals surface area (Å²) in [5.74, 6) is -1.19. The van der Waals surface area contributed by atoms with Gasteiger partial charge < -0.3 is 11.1 Å². The molecule has 0 radical (unpaired) electrons. The summed E-state index contributed by atoms with van der Waals surface area (Å²) in [6.45, 7) is 0.584. The molecule has 0 aliphatic carbocycles. The number of carbonyl (C=O) groups excluding carboxylic acids is 3. The summed E-state index contributed by atoms with van der Waals surface area (Å²) in [4.78, 5) is 37.4. The van der Waals surface area contributed by atoms with E-state index in [1.807, 2.05) is 0 Å². The average molecular weight is 259 g/mol. The number of nitrogens with two attached hydrogens (primary N) is 1. The third-order valence-corrected chi connectivity index (χ3v) is 3.55. The first-order valence-corrected chi connectivity index (χ1v) is 6.15. The van der Waals surface area contributed by atoms with E-state index in [1.54, 1.807) is 18.2 Å². The van der Waals surface area contributed by atoms with E-state index in [0.717, 1.165) is 11.3 Å². The standard InChI is InChI=1S/C13H13N3O3/c14-8-4-1-3-7-10(8)13(19)16(12(7)18)9-5-2-6-15-11(9)17/h1,3-4,9H,2,5-6,14H2,(H,15,17). The van der Waals surface area contributed by atoms with E-state index in [4.69, 9.17) is 5.73 Å². The Balaban J connectivity index is 2.03. The van der Waals surface area contributed by atoms with Crippen molar-refractivity contribution < 1.29 is 14.4 Å². The van der Waals surface area contributed by atoms with Gasteiger partial charge in [0.1, 0.15) is 6.04 Å². The Hall–Kier alpha value is -2.37. The number of imide groups is 1. The Morgan fingerprint density at radius 2 is 2.00 bits per heavy atom. The molecule has 1 unspecified atom stereocenters. The van der Waals surface area contributed by atoms with Crippen LogP contribution in [0, 0.1) is 0 Å². The number of fused-ring (bicyclic) bond motifs is 1. The third-order valence-electron chi connectivity index (χ3n) is 3.55. The van der Waals surface area contributed by atoms with E-state index < -0.39 is 17.9 Å².